The lowest BCUT2D eigenvalue weighted by atomic mass is 10.2. The first-order valence-corrected chi connectivity index (χ1v) is 6.89. The topological polar surface area (TPSA) is 102 Å². The number of sulfonamides is 1. The van der Waals surface area contributed by atoms with Crippen LogP contribution in [0, 0.1) is 10.1 Å². The fraction of sp³-hybridized carbons (Fsp3) is 0.222. The summed E-state index contributed by atoms with van der Waals surface area (Å²) in [5.41, 5.74) is 0.0448. The van der Waals surface area contributed by atoms with Gasteiger partial charge in [-0.25, -0.2) is 8.42 Å². The summed E-state index contributed by atoms with van der Waals surface area (Å²) >= 11 is 5.47. The number of hydrogen-bond donors (Lipinski definition) is 1. The van der Waals surface area contributed by atoms with Crippen LogP contribution >= 0.6 is 11.6 Å². The van der Waals surface area contributed by atoms with E-state index in [1.54, 1.807) is 0 Å². The summed E-state index contributed by atoms with van der Waals surface area (Å²) in [6.45, 7) is 0.260. The van der Waals surface area contributed by atoms with Crippen molar-refractivity contribution in [1.82, 2.24) is 4.72 Å². The molecule has 0 saturated carbocycles. The number of fused-ring (bicyclic) bond motifs is 1. The Morgan fingerprint density at radius 3 is 2.78 bits per heavy atom. The van der Waals surface area contributed by atoms with Crippen LogP contribution in [-0.2, 0) is 10.0 Å². The number of halogens is 1. The van der Waals surface area contributed by atoms with Crippen molar-refractivity contribution in [3.05, 3.63) is 33.9 Å². The first-order valence-electron chi connectivity index (χ1n) is 4.88. The van der Waals surface area contributed by atoms with Gasteiger partial charge in [0.25, 0.3) is 15.7 Å². The summed E-state index contributed by atoms with van der Waals surface area (Å²) in [7, 11) is -3.77. The molecule has 1 aliphatic rings. The molecule has 0 saturated heterocycles. The van der Waals surface area contributed by atoms with Gasteiger partial charge in [0.1, 0.15) is 10.7 Å². The molecule has 1 N–H and O–H groups in total. The second kappa shape index (κ2) is 4.54. The van der Waals surface area contributed by atoms with Gasteiger partial charge >= 0.3 is 0 Å². The minimum Gasteiger partial charge on any atom is -0.266 e. The summed E-state index contributed by atoms with van der Waals surface area (Å²) in [6.07, 6.45) is 0. The zero-order valence-corrected chi connectivity index (χ0v) is 10.5. The number of aliphatic imine (C=N–C) groups is 1. The summed E-state index contributed by atoms with van der Waals surface area (Å²) in [4.78, 5) is 13.8. The number of nitro benzene ring substituents is 1. The van der Waals surface area contributed by atoms with Crippen LogP contribution in [0.1, 0.15) is 5.56 Å². The molecule has 1 heterocycles. The summed E-state index contributed by atoms with van der Waals surface area (Å²) < 4.78 is 25.7. The zero-order chi connectivity index (χ0) is 13.3. The molecule has 96 valence electrons. The van der Waals surface area contributed by atoms with E-state index in [2.05, 4.69) is 9.71 Å². The van der Waals surface area contributed by atoms with Crippen molar-refractivity contribution in [2.24, 2.45) is 4.99 Å². The maximum atomic E-state index is 11.8. The molecule has 1 aromatic carbocycles. The van der Waals surface area contributed by atoms with Crippen molar-refractivity contribution in [1.29, 1.82) is 0 Å². The van der Waals surface area contributed by atoms with E-state index in [-0.39, 0.29) is 28.8 Å². The molecule has 9 heteroatoms. The molecule has 0 atom stereocenters. The number of rotatable bonds is 3. The third-order valence-electron chi connectivity index (χ3n) is 2.31. The van der Waals surface area contributed by atoms with Gasteiger partial charge in [-0.3, -0.25) is 19.8 Å². The maximum Gasteiger partial charge on any atom is 0.270 e. The molecule has 0 aromatic heterocycles. The number of alkyl halides is 1. The average Bonchev–Trinajstić information content (AvgIpc) is 2.58. The van der Waals surface area contributed by atoms with E-state index in [4.69, 9.17) is 11.6 Å². The van der Waals surface area contributed by atoms with E-state index in [1.807, 2.05) is 0 Å². The normalized spacial score (nSPS) is 18.4. The lowest BCUT2D eigenvalue weighted by molar-refractivity contribution is -0.385. The summed E-state index contributed by atoms with van der Waals surface area (Å²) in [5.74, 6) is 0.425. The molecule has 18 heavy (non-hydrogen) atoms. The van der Waals surface area contributed by atoms with Crippen molar-refractivity contribution in [3.8, 4) is 0 Å². The molecular weight excluding hydrogens is 282 g/mol. The van der Waals surface area contributed by atoms with E-state index in [1.165, 1.54) is 12.1 Å². The van der Waals surface area contributed by atoms with Crippen molar-refractivity contribution < 1.29 is 13.3 Å². The fourth-order valence-electron chi connectivity index (χ4n) is 1.55. The third-order valence-corrected chi connectivity index (χ3v) is 3.85. The Morgan fingerprint density at radius 2 is 2.17 bits per heavy atom. The van der Waals surface area contributed by atoms with Crippen molar-refractivity contribution in [3.63, 3.8) is 0 Å². The number of nitro groups is 1. The Bertz CT molecular complexity index is 641. The molecule has 1 aliphatic heterocycles. The highest BCUT2D eigenvalue weighted by atomic mass is 35.5. The van der Waals surface area contributed by atoms with E-state index < -0.39 is 14.9 Å². The fourth-order valence-corrected chi connectivity index (χ4v) is 2.90. The average molecular weight is 290 g/mol. The zero-order valence-electron chi connectivity index (χ0n) is 8.96. The molecule has 7 nitrogen and oxygen atoms in total. The van der Waals surface area contributed by atoms with Crippen LogP contribution < -0.4 is 4.72 Å². The standard InChI is InChI=1S/C9H8ClN3O4S/c10-3-4-11-9-7-2-1-6(13(14)15)5-8(7)18(16,17)12-9/h1-2,5H,3-4H2,(H,11,12). The highest BCUT2D eigenvalue weighted by molar-refractivity contribution is 7.90. The molecule has 0 fully saturated rings. The van der Waals surface area contributed by atoms with Crippen LogP contribution in [-0.4, -0.2) is 31.6 Å². The molecule has 0 amide bonds. The van der Waals surface area contributed by atoms with Crippen molar-refractivity contribution >= 4 is 33.1 Å². The van der Waals surface area contributed by atoms with Gasteiger partial charge in [-0.05, 0) is 6.07 Å². The Kier molecular flexibility index (Phi) is 3.22. The molecule has 0 aliphatic carbocycles. The van der Waals surface area contributed by atoms with E-state index >= 15 is 0 Å². The minimum absolute atomic E-state index is 0.134. The molecular formula is C9H8ClN3O4S. The minimum atomic E-state index is -3.77. The van der Waals surface area contributed by atoms with Crippen molar-refractivity contribution in [2.45, 2.75) is 4.90 Å². The first kappa shape index (κ1) is 12.8. The summed E-state index contributed by atoms with van der Waals surface area (Å²) in [5, 5.41) is 10.6. The Hall–Kier alpha value is -1.67. The number of non-ortho nitro benzene ring substituents is 1. The molecule has 0 unspecified atom stereocenters. The molecule has 1 aromatic rings. The molecule has 0 spiro atoms. The molecule has 2 rings (SSSR count). The Morgan fingerprint density at radius 1 is 1.44 bits per heavy atom. The van der Waals surface area contributed by atoms with Crippen LogP contribution in [0.5, 0.6) is 0 Å². The van der Waals surface area contributed by atoms with Crippen LogP contribution in [0.4, 0.5) is 5.69 Å². The highest BCUT2D eigenvalue weighted by Gasteiger charge is 2.32. The Labute approximate surface area is 108 Å². The number of nitrogens with zero attached hydrogens (tertiary/aromatic N) is 2. The van der Waals surface area contributed by atoms with Gasteiger partial charge in [-0.2, -0.15) is 0 Å². The van der Waals surface area contributed by atoms with Gasteiger partial charge in [-0.15, -0.1) is 11.6 Å². The highest BCUT2D eigenvalue weighted by Crippen LogP contribution is 2.27. The predicted molar refractivity (Wildman–Crippen MR) is 65.5 cm³/mol. The van der Waals surface area contributed by atoms with Crippen LogP contribution in [0.2, 0.25) is 0 Å². The number of hydrogen-bond acceptors (Lipinski definition) is 5. The second-order valence-electron chi connectivity index (χ2n) is 3.46. The summed E-state index contributed by atoms with van der Waals surface area (Å²) in [6, 6.07) is 3.61. The number of benzene rings is 1. The van der Waals surface area contributed by atoms with Crippen LogP contribution in [0.15, 0.2) is 28.1 Å². The number of amidine groups is 1. The van der Waals surface area contributed by atoms with Gasteiger partial charge in [-0.1, -0.05) is 0 Å². The van der Waals surface area contributed by atoms with Crippen molar-refractivity contribution in [2.75, 3.05) is 12.4 Å². The van der Waals surface area contributed by atoms with E-state index in [9.17, 15) is 18.5 Å². The molecule has 0 bridgehead atoms. The lowest BCUT2D eigenvalue weighted by Gasteiger charge is -1.96. The van der Waals surface area contributed by atoms with Gasteiger partial charge < -0.3 is 0 Å². The maximum absolute atomic E-state index is 11.8. The first-order chi connectivity index (χ1) is 8.45. The monoisotopic (exact) mass is 289 g/mol. The second-order valence-corrected chi connectivity index (χ2v) is 5.49. The SMILES string of the molecule is O=[N+]([O-])c1ccc2c(c1)S(=O)(=O)NC2=NCCCl. The smallest absolute Gasteiger partial charge is 0.266 e. The van der Waals surface area contributed by atoms with Crippen LogP contribution in [0.25, 0.3) is 0 Å². The largest absolute Gasteiger partial charge is 0.270 e. The van der Waals surface area contributed by atoms with Gasteiger partial charge in [0, 0.05) is 23.6 Å². The van der Waals surface area contributed by atoms with E-state index in [0.29, 0.717) is 5.56 Å². The van der Waals surface area contributed by atoms with Gasteiger partial charge in [0.05, 0.1) is 11.5 Å². The predicted octanol–water partition coefficient (Wildman–Crippen LogP) is 0.872. The Balaban J connectivity index is 2.57. The van der Waals surface area contributed by atoms with Crippen LogP contribution in [0.3, 0.4) is 0 Å². The molecule has 0 radical (unpaired) electrons. The van der Waals surface area contributed by atoms with Gasteiger partial charge in [0.2, 0.25) is 0 Å². The third kappa shape index (κ3) is 2.16. The quantitative estimate of drug-likeness (QED) is 0.507. The lowest BCUT2D eigenvalue weighted by Crippen LogP contribution is -2.22. The van der Waals surface area contributed by atoms with Gasteiger partial charge in [0.15, 0.2) is 0 Å². The van der Waals surface area contributed by atoms with E-state index in [0.717, 1.165) is 6.07 Å². The number of nitrogens with one attached hydrogen (secondary N) is 1.